The molecule has 3 aromatic carbocycles. The number of rotatable bonds is 6. The molecule has 1 saturated heterocycles. The number of hydrogen-bond donors (Lipinski definition) is 1. The van der Waals surface area contributed by atoms with Gasteiger partial charge in [-0.3, -0.25) is 9.69 Å². The van der Waals surface area contributed by atoms with Crippen LogP contribution >= 0.6 is 23.2 Å². The number of carbonyl (C=O) groups excluding carboxylic acids is 1. The van der Waals surface area contributed by atoms with Crippen molar-refractivity contribution < 1.29 is 24.2 Å². The number of fused-ring (bicyclic) bond motifs is 2. The highest BCUT2D eigenvalue weighted by Gasteiger charge is 2.39. The van der Waals surface area contributed by atoms with E-state index in [2.05, 4.69) is 23.3 Å². The summed E-state index contributed by atoms with van der Waals surface area (Å²) in [5.41, 5.74) is 10.5. The van der Waals surface area contributed by atoms with Crippen LogP contribution < -0.4 is 9.64 Å². The van der Waals surface area contributed by atoms with Gasteiger partial charge < -0.3 is 28.6 Å². The number of aryl methyl sites for hydroxylation is 5. The molecule has 2 unspecified atom stereocenters. The maximum absolute atomic E-state index is 15.4. The molecule has 1 fully saturated rings. The van der Waals surface area contributed by atoms with Crippen molar-refractivity contribution in [3.05, 3.63) is 97.5 Å². The van der Waals surface area contributed by atoms with Crippen LogP contribution in [-0.2, 0) is 17.7 Å². The van der Waals surface area contributed by atoms with Crippen LogP contribution in [0.25, 0.3) is 32.9 Å². The third-order valence-corrected chi connectivity index (χ3v) is 13.0. The fraction of sp³-hybridized carbons (Fsp3) is 0.386. The van der Waals surface area contributed by atoms with Crippen LogP contribution in [-0.4, -0.2) is 80.2 Å². The second kappa shape index (κ2) is 14.2. The third kappa shape index (κ3) is 6.13. The molecule has 0 spiro atoms. The zero-order chi connectivity index (χ0) is 40.0. The Kier molecular flexibility index (Phi) is 9.42. The number of carboxylic acids is 1. The first-order chi connectivity index (χ1) is 27.3. The van der Waals surface area contributed by atoms with Gasteiger partial charge in [0.25, 0.3) is 5.91 Å². The zero-order valence-corrected chi connectivity index (χ0v) is 34.6. The summed E-state index contributed by atoms with van der Waals surface area (Å²) in [7, 11) is 0. The second-order valence-electron chi connectivity index (χ2n) is 15.9. The van der Waals surface area contributed by atoms with Gasteiger partial charge in [-0.25, -0.2) is 9.48 Å². The quantitative estimate of drug-likeness (QED) is 0.167. The molecule has 0 radical (unpaired) electrons. The SMILES string of the molecule is Cc1cc2c3c(c1)cc(C(=O)O)n3CCN1CCOC(C1)n1nc(C)c(c1C)-c1c(Cl)ccc3c(CCCOc4cc(C)c(Cl)c(C)c4)c4n(c13)[C@H](C)CN2C4=O. The van der Waals surface area contributed by atoms with Crippen molar-refractivity contribution in [2.24, 2.45) is 0 Å². The highest BCUT2D eigenvalue weighted by atomic mass is 35.5. The van der Waals surface area contributed by atoms with Crippen LogP contribution in [0.1, 0.15) is 80.2 Å². The minimum Gasteiger partial charge on any atom is -0.494 e. The molecule has 296 valence electrons. The van der Waals surface area contributed by atoms with Gasteiger partial charge in [-0.1, -0.05) is 29.3 Å². The van der Waals surface area contributed by atoms with E-state index < -0.39 is 5.97 Å². The molecule has 6 aromatic rings. The van der Waals surface area contributed by atoms with Crippen LogP contribution in [0.15, 0.2) is 42.5 Å². The van der Waals surface area contributed by atoms with Gasteiger partial charge in [0.05, 0.1) is 40.7 Å². The number of ether oxygens (including phenoxy) is 2. The number of carbonyl (C=O) groups is 2. The van der Waals surface area contributed by atoms with Gasteiger partial charge in [-0.05, 0) is 113 Å². The van der Waals surface area contributed by atoms with Crippen LogP contribution in [0.2, 0.25) is 10.0 Å². The lowest BCUT2D eigenvalue weighted by molar-refractivity contribution is -0.0765. The number of morpholine rings is 1. The van der Waals surface area contributed by atoms with Gasteiger partial charge >= 0.3 is 5.97 Å². The molecule has 4 aliphatic heterocycles. The summed E-state index contributed by atoms with van der Waals surface area (Å²) in [5.74, 6) is -0.382. The highest BCUT2D eigenvalue weighted by Crippen LogP contribution is 2.46. The standard InChI is InChI=1S/C44H46Cl2N6O5/c1-23-16-29-20-35(44(54)55)49-12-11-48-13-15-57-36(22-48)52-28(6)37(27(5)47-52)38-33(45)10-9-32-31(8-7-14-56-30-18-24(2)39(46)25(3)19-30)42-43(53)50(34(17-23)40(29)49)21-26(4)51(42)41(32)38/h9-10,16-20,26,36H,7-8,11-15,21-22H2,1-6H3,(H,54,55)/t26-,36?/m1/s1. The van der Waals surface area contributed by atoms with E-state index in [1.54, 1.807) is 6.07 Å². The number of aromatic carboxylic acids is 1. The Morgan fingerprint density at radius 1 is 0.965 bits per heavy atom. The second-order valence-corrected chi connectivity index (χ2v) is 16.7. The fourth-order valence-electron chi connectivity index (χ4n) is 9.53. The number of aromatic nitrogens is 4. The smallest absolute Gasteiger partial charge is 0.352 e. The number of halogens is 2. The molecule has 4 aliphatic rings. The van der Waals surface area contributed by atoms with Crippen molar-refractivity contribution in [3.8, 4) is 16.9 Å². The lowest BCUT2D eigenvalue weighted by Crippen LogP contribution is -2.43. The topological polar surface area (TPSA) is 107 Å². The predicted octanol–water partition coefficient (Wildman–Crippen LogP) is 9.08. The normalized spacial score (nSPS) is 19.3. The summed E-state index contributed by atoms with van der Waals surface area (Å²) in [6.45, 7) is 15.8. The third-order valence-electron chi connectivity index (χ3n) is 12.1. The van der Waals surface area contributed by atoms with Gasteiger partial charge in [0.1, 0.15) is 17.1 Å². The number of carboxylic acid groups (broad SMARTS) is 1. The molecule has 1 N–H and O–H groups in total. The van der Waals surface area contributed by atoms with E-state index in [-0.39, 0.29) is 23.9 Å². The van der Waals surface area contributed by atoms with Crippen molar-refractivity contribution in [1.82, 2.24) is 23.8 Å². The largest absolute Gasteiger partial charge is 0.494 e. The zero-order valence-electron chi connectivity index (χ0n) is 33.1. The molecule has 1 amide bonds. The lowest BCUT2D eigenvalue weighted by Gasteiger charge is -2.35. The van der Waals surface area contributed by atoms with E-state index in [4.69, 9.17) is 37.8 Å². The minimum atomic E-state index is -1.01. The van der Waals surface area contributed by atoms with E-state index >= 15 is 4.79 Å². The first-order valence-electron chi connectivity index (χ1n) is 19.7. The summed E-state index contributed by atoms with van der Waals surface area (Å²) in [6.07, 6.45) is 0.872. The fourth-order valence-corrected chi connectivity index (χ4v) is 9.89. The average molecular weight is 810 g/mol. The number of benzene rings is 3. The maximum Gasteiger partial charge on any atom is 0.352 e. The summed E-state index contributed by atoms with van der Waals surface area (Å²) in [4.78, 5) is 32.4. The van der Waals surface area contributed by atoms with Crippen LogP contribution in [0.3, 0.4) is 0 Å². The molecule has 3 aromatic heterocycles. The number of amides is 1. The van der Waals surface area contributed by atoms with Gasteiger partial charge in [0, 0.05) is 71.4 Å². The Morgan fingerprint density at radius 2 is 1.74 bits per heavy atom. The lowest BCUT2D eigenvalue weighted by atomic mass is 9.98. The summed E-state index contributed by atoms with van der Waals surface area (Å²) in [6, 6.07) is 13.5. The average Bonchev–Trinajstić information content (AvgIpc) is 3.81. The number of anilines is 1. The molecule has 7 heterocycles. The molecule has 13 heteroatoms. The first-order valence-corrected chi connectivity index (χ1v) is 20.4. The molecule has 8 bridgehead atoms. The molecular weight excluding hydrogens is 763 g/mol. The molecule has 3 atom stereocenters. The molecule has 10 rings (SSSR count). The first kappa shape index (κ1) is 37.7. The van der Waals surface area contributed by atoms with Crippen molar-refractivity contribution in [2.45, 2.75) is 73.2 Å². The Labute approximate surface area is 341 Å². The molecule has 11 nitrogen and oxygen atoms in total. The molecular formula is C44H46Cl2N6O5. The number of nitrogens with zero attached hydrogens (tertiary/aromatic N) is 6. The Hall–Kier alpha value is -4.81. The van der Waals surface area contributed by atoms with Crippen LogP contribution in [0.4, 0.5) is 5.69 Å². The molecule has 0 aliphatic carbocycles. The van der Waals surface area contributed by atoms with Crippen molar-refractivity contribution in [1.29, 1.82) is 0 Å². The minimum absolute atomic E-state index is 0.135. The highest BCUT2D eigenvalue weighted by molar-refractivity contribution is 6.35. The Bertz CT molecular complexity index is 2630. The van der Waals surface area contributed by atoms with Gasteiger partial charge in [-0.15, -0.1) is 0 Å². The van der Waals surface area contributed by atoms with Crippen LogP contribution in [0.5, 0.6) is 5.75 Å². The molecule has 0 saturated carbocycles. The summed E-state index contributed by atoms with van der Waals surface area (Å²) in [5, 5.41) is 18.6. The van der Waals surface area contributed by atoms with Crippen molar-refractivity contribution >= 4 is 62.6 Å². The summed E-state index contributed by atoms with van der Waals surface area (Å²) >= 11 is 13.7. The predicted molar refractivity (Wildman–Crippen MR) is 224 cm³/mol. The van der Waals surface area contributed by atoms with E-state index in [9.17, 15) is 9.90 Å². The Morgan fingerprint density at radius 3 is 2.49 bits per heavy atom. The number of hydrogen-bond acceptors (Lipinski definition) is 6. The van der Waals surface area contributed by atoms with E-state index in [1.165, 1.54) is 0 Å². The van der Waals surface area contributed by atoms with E-state index in [0.717, 1.165) is 77.3 Å². The van der Waals surface area contributed by atoms with Crippen molar-refractivity contribution in [3.63, 3.8) is 0 Å². The summed E-state index contributed by atoms with van der Waals surface area (Å²) < 4.78 is 18.7. The monoisotopic (exact) mass is 808 g/mol. The Balaban J connectivity index is 1.26. The maximum atomic E-state index is 15.4. The van der Waals surface area contributed by atoms with E-state index in [1.807, 2.05) is 78.2 Å². The molecule has 57 heavy (non-hydrogen) atoms. The van der Waals surface area contributed by atoms with Gasteiger partial charge in [0.2, 0.25) is 0 Å². The van der Waals surface area contributed by atoms with Crippen molar-refractivity contribution in [2.75, 3.05) is 44.3 Å². The van der Waals surface area contributed by atoms with E-state index in [0.29, 0.717) is 75.2 Å². The van der Waals surface area contributed by atoms with Gasteiger partial charge in [0.15, 0.2) is 6.23 Å². The van der Waals surface area contributed by atoms with Crippen LogP contribution in [0, 0.1) is 34.6 Å². The van der Waals surface area contributed by atoms with Gasteiger partial charge in [-0.2, -0.15) is 5.10 Å².